The van der Waals surface area contributed by atoms with E-state index in [9.17, 15) is 9.59 Å². The fraction of sp³-hybridized carbons (Fsp3) is 0.600. The molecule has 1 heterocycles. The van der Waals surface area contributed by atoms with Crippen molar-refractivity contribution in [2.75, 3.05) is 18.9 Å². The molecular formula is C20H28N2O3. The molecule has 0 spiro atoms. The third-order valence-electron chi connectivity index (χ3n) is 5.58. The molecule has 136 valence electrons. The number of ether oxygens (including phenoxy) is 1. The molecule has 1 saturated carbocycles. The quantitative estimate of drug-likeness (QED) is 0.675. The molecule has 2 unspecified atom stereocenters. The van der Waals surface area contributed by atoms with Crippen LogP contribution in [0, 0.1) is 17.8 Å². The average Bonchev–Trinajstić information content (AvgIpc) is 2.76. The van der Waals surface area contributed by atoms with E-state index in [0.29, 0.717) is 11.3 Å². The Bertz CT molecular complexity index is 713. The zero-order chi connectivity index (χ0) is 18.4. The van der Waals surface area contributed by atoms with Crippen LogP contribution < -0.4 is 5.73 Å². The minimum Gasteiger partial charge on any atom is -0.452 e. The van der Waals surface area contributed by atoms with Gasteiger partial charge in [-0.2, -0.15) is 0 Å². The minimum absolute atomic E-state index is 0.0974. The fourth-order valence-corrected chi connectivity index (χ4v) is 4.81. The van der Waals surface area contributed by atoms with Gasteiger partial charge in [-0.05, 0) is 54.7 Å². The number of nitrogen functional groups attached to an aromatic ring is 1. The summed E-state index contributed by atoms with van der Waals surface area (Å²) in [6, 6.07) is 5.30. The van der Waals surface area contributed by atoms with Crippen LogP contribution in [0.1, 0.15) is 56.0 Å². The summed E-state index contributed by atoms with van der Waals surface area (Å²) in [4.78, 5) is 26.7. The standard InChI is InChI=1S/C20H28N2O3/c1-13-5-6-14(7-16(13)21)18(24)25-10-17(23)22-12-20(4)9-15(22)8-19(2,3)11-20/h5-7,15H,8-12,21H2,1-4H3. The number of hydrogen-bond acceptors (Lipinski definition) is 4. The van der Waals surface area contributed by atoms with Crippen molar-refractivity contribution in [3.8, 4) is 0 Å². The van der Waals surface area contributed by atoms with Gasteiger partial charge in [-0.25, -0.2) is 4.79 Å². The number of carbonyl (C=O) groups is 2. The molecule has 1 aromatic carbocycles. The summed E-state index contributed by atoms with van der Waals surface area (Å²) in [6.07, 6.45) is 3.18. The summed E-state index contributed by atoms with van der Waals surface area (Å²) in [7, 11) is 0. The van der Waals surface area contributed by atoms with E-state index in [1.165, 1.54) is 0 Å². The van der Waals surface area contributed by atoms with Crippen LogP contribution in [0.25, 0.3) is 0 Å². The zero-order valence-electron chi connectivity index (χ0n) is 15.6. The Labute approximate surface area is 149 Å². The van der Waals surface area contributed by atoms with Gasteiger partial charge in [0.05, 0.1) is 5.56 Å². The highest BCUT2D eigenvalue weighted by atomic mass is 16.5. The molecule has 1 aromatic rings. The highest BCUT2D eigenvalue weighted by molar-refractivity contribution is 5.92. The number of hydrogen-bond donors (Lipinski definition) is 1. The molecule has 5 heteroatoms. The van der Waals surface area contributed by atoms with E-state index in [-0.39, 0.29) is 29.4 Å². The Hall–Kier alpha value is -2.04. The highest BCUT2D eigenvalue weighted by Gasteiger charge is 2.50. The third kappa shape index (κ3) is 3.65. The number of nitrogens with two attached hydrogens (primary N) is 1. The van der Waals surface area contributed by atoms with Crippen molar-refractivity contribution in [3.05, 3.63) is 29.3 Å². The lowest BCUT2D eigenvalue weighted by Gasteiger charge is -2.39. The van der Waals surface area contributed by atoms with Crippen LogP contribution in [-0.2, 0) is 9.53 Å². The van der Waals surface area contributed by atoms with Crippen molar-refractivity contribution in [1.82, 2.24) is 4.90 Å². The predicted octanol–water partition coefficient (Wildman–Crippen LogP) is 3.16. The molecule has 0 aromatic heterocycles. The Morgan fingerprint density at radius 2 is 2.00 bits per heavy atom. The molecule has 1 amide bonds. The van der Waals surface area contributed by atoms with E-state index in [1.54, 1.807) is 18.2 Å². The fourth-order valence-electron chi connectivity index (χ4n) is 4.81. The van der Waals surface area contributed by atoms with Crippen LogP contribution in [0.2, 0.25) is 0 Å². The number of rotatable bonds is 3. The van der Waals surface area contributed by atoms with Gasteiger partial charge in [0.15, 0.2) is 6.61 Å². The van der Waals surface area contributed by atoms with Crippen molar-refractivity contribution in [3.63, 3.8) is 0 Å². The van der Waals surface area contributed by atoms with Crippen LogP contribution >= 0.6 is 0 Å². The maximum absolute atomic E-state index is 12.6. The third-order valence-corrected chi connectivity index (χ3v) is 5.58. The average molecular weight is 344 g/mol. The van der Waals surface area contributed by atoms with Gasteiger partial charge in [0.25, 0.3) is 5.91 Å². The second-order valence-electron chi connectivity index (χ2n) is 8.88. The molecule has 5 nitrogen and oxygen atoms in total. The maximum atomic E-state index is 12.6. The molecule has 2 fully saturated rings. The van der Waals surface area contributed by atoms with E-state index in [0.717, 1.165) is 31.4 Å². The number of nitrogens with zero attached hydrogens (tertiary/aromatic N) is 1. The molecule has 3 rings (SSSR count). The van der Waals surface area contributed by atoms with E-state index in [2.05, 4.69) is 20.8 Å². The lowest BCUT2D eigenvalue weighted by atomic mass is 9.65. The molecule has 1 saturated heterocycles. The summed E-state index contributed by atoms with van der Waals surface area (Å²) in [6.45, 7) is 9.23. The number of benzene rings is 1. The van der Waals surface area contributed by atoms with Gasteiger partial charge in [-0.3, -0.25) is 4.79 Å². The lowest BCUT2D eigenvalue weighted by molar-refractivity contribution is -0.135. The van der Waals surface area contributed by atoms with Gasteiger partial charge in [0.2, 0.25) is 0 Å². The topological polar surface area (TPSA) is 72.6 Å². The van der Waals surface area contributed by atoms with Crippen molar-refractivity contribution in [1.29, 1.82) is 0 Å². The number of carbonyl (C=O) groups excluding carboxylic acids is 2. The number of anilines is 1. The van der Waals surface area contributed by atoms with Crippen LogP contribution in [-0.4, -0.2) is 36.0 Å². The van der Waals surface area contributed by atoms with E-state index < -0.39 is 5.97 Å². The largest absolute Gasteiger partial charge is 0.452 e. The number of esters is 1. The second-order valence-corrected chi connectivity index (χ2v) is 8.88. The van der Waals surface area contributed by atoms with Crippen LogP contribution in [0.5, 0.6) is 0 Å². The first-order valence-electron chi connectivity index (χ1n) is 8.91. The van der Waals surface area contributed by atoms with Crippen LogP contribution in [0.15, 0.2) is 18.2 Å². The molecule has 2 aliphatic rings. The zero-order valence-corrected chi connectivity index (χ0v) is 15.6. The smallest absolute Gasteiger partial charge is 0.338 e. The van der Waals surface area contributed by atoms with Crippen molar-refractivity contribution in [2.24, 2.45) is 10.8 Å². The summed E-state index contributed by atoms with van der Waals surface area (Å²) in [5.74, 6) is -0.603. The van der Waals surface area contributed by atoms with Crippen LogP contribution in [0.4, 0.5) is 5.69 Å². The normalized spacial score (nSPS) is 27.2. The van der Waals surface area contributed by atoms with E-state index in [4.69, 9.17) is 10.5 Å². The molecule has 1 aliphatic carbocycles. The summed E-state index contributed by atoms with van der Waals surface area (Å²) in [5.41, 5.74) is 8.09. The highest BCUT2D eigenvalue weighted by Crippen LogP contribution is 2.52. The van der Waals surface area contributed by atoms with Gasteiger partial charge in [0.1, 0.15) is 0 Å². The number of fused-ring (bicyclic) bond motifs is 2. The molecule has 0 radical (unpaired) electrons. The number of amides is 1. The summed E-state index contributed by atoms with van der Waals surface area (Å²) >= 11 is 0. The van der Waals surface area contributed by atoms with Crippen molar-refractivity contribution >= 4 is 17.6 Å². The van der Waals surface area contributed by atoms with E-state index in [1.807, 2.05) is 11.8 Å². The number of likely N-dealkylation sites (tertiary alicyclic amines) is 1. The van der Waals surface area contributed by atoms with Gasteiger partial charge in [-0.1, -0.05) is 26.8 Å². The van der Waals surface area contributed by atoms with Crippen molar-refractivity contribution in [2.45, 2.75) is 53.0 Å². The maximum Gasteiger partial charge on any atom is 0.338 e. The summed E-state index contributed by atoms with van der Waals surface area (Å²) in [5, 5.41) is 0. The van der Waals surface area contributed by atoms with E-state index >= 15 is 0 Å². The molecule has 2 N–H and O–H groups in total. The molecule has 2 atom stereocenters. The monoisotopic (exact) mass is 344 g/mol. The first-order chi connectivity index (χ1) is 11.6. The Kier molecular flexibility index (Phi) is 4.30. The van der Waals surface area contributed by atoms with Crippen molar-refractivity contribution < 1.29 is 14.3 Å². The SMILES string of the molecule is Cc1ccc(C(=O)OCC(=O)N2CC3(C)CC2CC(C)(C)C3)cc1N. The number of aryl methyl sites for hydroxylation is 1. The van der Waals surface area contributed by atoms with Gasteiger partial charge >= 0.3 is 5.97 Å². The predicted molar refractivity (Wildman–Crippen MR) is 97.1 cm³/mol. The molecule has 2 bridgehead atoms. The molecular weight excluding hydrogens is 316 g/mol. The Morgan fingerprint density at radius 3 is 2.68 bits per heavy atom. The Morgan fingerprint density at radius 1 is 1.28 bits per heavy atom. The first kappa shape index (κ1) is 17.8. The van der Waals surface area contributed by atoms with Crippen LogP contribution in [0.3, 0.4) is 0 Å². The second kappa shape index (κ2) is 6.04. The lowest BCUT2D eigenvalue weighted by Crippen LogP contribution is -2.39. The minimum atomic E-state index is -0.506. The van der Waals surface area contributed by atoms with Gasteiger partial charge in [0, 0.05) is 18.3 Å². The molecule has 1 aliphatic heterocycles. The Balaban J connectivity index is 1.61. The first-order valence-corrected chi connectivity index (χ1v) is 8.91. The van der Waals surface area contributed by atoms with Gasteiger partial charge in [-0.15, -0.1) is 0 Å². The molecule has 25 heavy (non-hydrogen) atoms. The summed E-state index contributed by atoms with van der Waals surface area (Å²) < 4.78 is 5.24. The van der Waals surface area contributed by atoms with Gasteiger partial charge < -0.3 is 15.4 Å².